The van der Waals surface area contributed by atoms with Crippen molar-refractivity contribution < 1.29 is 0 Å². The van der Waals surface area contributed by atoms with E-state index in [1.54, 1.807) is 11.3 Å². The highest BCUT2D eigenvalue weighted by Gasteiger charge is 2.04. The zero-order chi connectivity index (χ0) is 14.2. The van der Waals surface area contributed by atoms with E-state index in [-0.39, 0.29) is 0 Å². The van der Waals surface area contributed by atoms with Gasteiger partial charge in [-0.1, -0.05) is 30.3 Å². The molecule has 2 aromatic rings. The Kier molecular flexibility index (Phi) is 5.55. The molecule has 0 spiro atoms. The van der Waals surface area contributed by atoms with Gasteiger partial charge in [-0.25, -0.2) is 9.98 Å². The van der Waals surface area contributed by atoms with Crippen molar-refractivity contribution in [1.29, 1.82) is 0 Å². The van der Waals surface area contributed by atoms with E-state index in [0.29, 0.717) is 6.54 Å². The Morgan fingerprint density at radius 1 is 1.15 bits per heavy atom. The molecular weight excluding hydrogens is 268 g/mol. The number of thiazole rings is 1. The molecule has 2 rings (SSSR count). The zero-order valence-electron chi connectivity index (χ0n) is 11.9. The second-order valence-corrected chi connectivity index (χ2v) is 5.16. The minimum absolute atomic E-state index is 0.604. The largest absolute Gasteiger partial charge is 0.357 e. The summed E-state index contributed by atoms with van der Waals surface area (Å²) < 4.78 is 0. The molecular formula is C15H20N4S. The lowest BCUT2D eigenvalue weighted by molar-refractivity contribution is 0.838. The maximum Gasteiger partial charge on any atom is 0.191 e. The Morgan fingerprint density at radius 3 is 2.50 bits per heavy atom. The van der Waals surface area contributed by atoms with Gasteiger partial charge in [0.25, 0.3) is 0 Å². The number of guanidine groups is 1. The Hall–Kier alpha value is -1.88. The lowest BCUT2D eigenvalue weighted by atomic mass is 10.2. The lowest BCUT2D eigenvalue weighted by Gasteiger charge is -2.08. The SMILES string of the molecule is CCNC(=NCc1nc(-c2ccccc2)cs1)NCC. The van der Waals surface area contributed by atoms with Crippen LogP contribution in [0.25, 0.3) is 11.3 Å². The fourth-order valence-electron chi connectivity index (χ4n) is 1.78. The molecule has 1 heterocycles. The number of aliphatic imine (C=N–C) groups is 1. The van der Waals surface area contributed by atoms with Crippen molar-refractivity contribution in [3.8, 4) is 11.3 Å². The van der Waals surface area contributed by atoms with Gasteiger partial charge in [-0.05, 0) is 13.8 Å². The molecule has 20 heavy (non-hydrogen) atoms. The third-order valence-corrected chi connectivity index (χ3v) is 3.52. The fourth-order valence-corrected chi connectivity index (χ4v) is 2.51. The maximum atomic E-state index is 4.63. The van der Waals surface area contributed by atoms with Gasteiger partial charge in [-0.3, -0.25) is 0 Å². The third-order valence-electron chi connectivity index (χ3n) is 2.68. The van der Waals surface area contributed by atoms with Gasteiger partial charge in [0.1, 0.15) is 5.01 Å². The van der Waals surface area contributed by atoms with Crippen molar-refractivity contribution in [3.63, 3.8) is 0 Å². The molecule has 4 nitrogen and oxygen atoms in total. The van der Waals surface area contributed by atoms with Gasteiger partial charge in [0.15, 0.2) is 5.96 Å². The average molecular weight is 288 g/mol. The van der Waals surface area contributed by atoms with E-state index in [4.69, 9.17) is 0 Å². The number of hydrogen-bond acceptors (Lipinski definition) is 3. The first-order valence-electron chi connectivity index (χ1n) is 6.85. The van der Waals surface area contributed by atoms with Crippen molar-refractivity contribution >= 4 is 17.3 Å². The summed E-state index contributed by atoms with van der Waals surface area (Å²) in [6.45, 7) is 6.44. The second-order valence-electron chi connectivity index (χ2n) is 4.22. The van der Waals surface area contributed by atoms with E-state index in [1.807, 2.05) is 18.2 Å². The fraction of sp³-hybridized carbons (Fsp3) is 0.333. The summed E-state index contributed by atoms with van der Waals surface area (Å²) in [7, 11) is 0. The minimum atomic E-state index is 0.604. The van der Waals surface area contributed by atoms with Crippen LogP contribution in [-0.2, 0) is 6.54 Å². The van der Waals surface area contributed by atoms with E-state index in [9.17, 15) is 0 Å². The highest BCUT2D eigenvalue weighted by Crippen LogP contribution is 2.21. The number of nitrogens with zero attached hydrogens (tertiary/aromatic N) is 2. The van der Waals surface area contributed by atoms with E-state index >= 15 is 0 Å². The van der Waals surface area contributed by atoms with E-state index in [1.165, 1.54) is 0 Å². The topological polar surface area (TPSA) is 49.3 Å². The first-order chi connectivity index (χ1) is 9.83. The molecule has 106 valence electrons. The molecule has 0 aliphatic carbocycles. The molecule has 0 saturated heterocycles. The molecule has 5 heteroatoms. The molecule has 0 aliphatic heterocycles. The molecule has 0 saturated carbocycles. The first-order valence-corrected chi connectivity index (χ1v) is 7.73. The van der Waals surface area contributed by atoms with Gasteiger partial charge in [0.05, 0.1) is 12.2 Å². The predicted octanol–water partition coefficient (Wildman–Crippen LogP) is 2.89. The molecule has 0 aliphatic rings. The molecule has 1 aromatic carbocycles. The highest BCUT2D eigenvalue weighted by molar-refractivity contribution is 7.09. The van der Waals surface area contributed by atoms with Gasteiger partial charge in [0, 0.05) is 24.0 Å². The summed E-state index contributed by atoms with van der Waals surface area (Å²) >= 11 is 1.65. The third kappa shape index (κ3) is 4.06. The number of nitrogens with one attached hydrogen (secondary N) is 2. The standard InChI is InChI=1S/C15H20N4S/c1-3-16-15(17-4-2)18-10-14-19-13(11-20-14)12-8-6-5-7-9-12/h5-9,11H,3-4,10H2,1-2H3,(H2,16,17,18). The Labute approximate surface area is 124 Å². The van der Waals surface area contributed by atoms with Crippen molar-refractivity contribution in [3.05, 3.63) is 40.7 Å². The molecule has 0 amide bonds. The zero-order valence-corrected chi connectivity index (χ0v) is 12.7. The molecule has 1 aromatic heterocycles. The summed E-state index contributed by atoms with van der Waals surface area (Å²) in [6.07, 6.45) is 0. The average Bonchev–Trinajstić information content (AvgIpc) is 2.95. The maximum absolute atomic E-state index is 4.63. The van der Waals surface area contributed by atoms with E-state index in [2.05, 4.69) is 52.0 Å². The lowest BCUT2D eigenvalue weighted by Crippen LogP contribution is -2.36. The highest BCUT2D eigenvalue weighted by atomic mass is 32.1. The van der Waals surface area contributed by atoms with Crippen molar-refractivity contribution in [2.45, 2.75) is 20.4 Å². The normalized spacial score (nSPS) is 10.1. The smallest absolute Gasteiger partial charge is 0.191 e. The molecule has 2 N–H and O–H groups in total. The van der Waals surface area contributed by atoms with Crippen LogP contribution in [0.2, 0.25) is 0 Å². The second kappa shape index (κ2) is 7.65. The van der Waals surface area contributed by atoms with Crippen LogP contribution >= 0.6 is 11.3 Å². The van der Waals surface area contributed by atoms with Crippen molar-refractivity contribution in [2.24, 2.45) is 4.99 Å². The molecule has 0 bridgehead atoms. The van der Waals surface area contributed by atoms with Gasteiger partial charge in [-0.2, -0.15) is 0 Å². The van der Waals surface area contributed by atoms with Crippen LogP contribution in [-0.4, -0.2) is 24.0 Å². The summed E-state index contributed by atoms with van der Waals surface area (Å²) in [5.41, 5.74) is 2.17. The monoisotopic (exact) mass is 288 g/mol. The van der Waals surface area contributed by atoms with Crippen molar-refractivity contribution in [2.75, 3.05) is 13.1 Å². The number of hydrogen-bond donors (Lipinski definition) is 2. The minimum Gasteiger partial charge on any atom is -0.357 e. The summed E-state index contributed by atoms with van der Waals surface area (Å²) in [5, 5.41) is 9.52. The van der Waals surface area contributed by atoms with Crippen LogP contribution < -0.4 is 10.6 Å². The molecule has 0 fully saturated rings. The van der Waals surface area contributed by atoms with Crippen LogP contribution in [0.1, 0.15) is 18.9 Å². The quantitative estimate of drug-likeness (QED) is 0.657. The van der Waals surface area contributed by atoms with E-state index < -0.39 is 0 Å². The molecule has 0 atom stereocenters. The Morgan fingerprint density at radius 2 is 1.85 bits per heavy atom. The van der Waals surface area contributed by atoms with Crippen LogP contribution in [0.15, 0.2) is 40.7 Å². The van der Waals surface area contributed by atoms with Crippen LogP contribution in [0.4, 0.5) is 0 Å². The first kappa shape index (κ1) is 14.5. The van der Waals surface area contributed by atoms with Gasteiger partial charge in [-0.15, -0.1) is 11.3 Å². The number of benzene rings is 1. The molecule has 0 unspecified atom stereocenters. The molecule has 0 radical (unpaired) electrons. The van der Waals surface area contributed by atoms with Crippen LogP contribution in [0.5, 0.6) is 0 Å². The van der Waals surface area contributed by atoms with Crippen LogP contribution in [0.3, 0.4) is 0 Å². The number of rotatable bonds is 5. The van der Waals surface area contributed by atoms with Gasteiger partial charge in [0.2, 0.25) is 0 Å². The summed E-state index contributed by atoms with van der Waals surface area (Å²) in [4.78, 5) is 9.15. The van der Waals surface area contributed by atoms with E-state index in [0.717, 1.165) is 35.3 Å². The van der Waals surface area contributed by atoms with Gasteiger partial charge < -0.3 is 10.6 Å². The Bertz CT molecular complexity index is 540. The summed E-state index contributed by atoms with van der Waals surface area (Å²) in [6, 6.07) is 10.2. The van der Waals surface area contributed by atoms with Crippen molar-refractivity contribution in [1.82, 2.24) is 15.6 Å². The number of aromatic nitrogens is 1. The summed E-state index contributed by atoms with van der Waals surface area (Å²) in [5.74, 6) is 0.839. The Balaban J connectivity index is 2.04. The van der Waals surface area contributed by atoms with Crippen LogP contribution in [0, 0.1) is 0 Å². The van der Waals surface area contributed by atoms with Gasteiger partial charge >= 0.3 is 0 Å². The predicted molar refractivity (Wildman–Crippen MR) is 86.0 cm³/mol.